The molecule has 0 aliphatic carbocycles. The van der Waals surface area contributed by atoms with Gasteiger partial charge in [0, 0.05) is 0 Å². The van der Waals surface area contributed by atoms with Gasteiger partial charge in [0.05, 0.1) is 11.6 Å². The van der Waals surface area contributed by atoms with Gasteiger partial charge < -0.3 is 5.73 Å². The summed E-state index contributed by atoms with van der Waals surface area (Å²) in [7, 11) is 0. The monoisotopic (exact) mass is 287 g/mol. The molecule has 1 nitrogen and oxygen atoms in total. The predicted octanol–water partition coefficient (Wildman–Crippen LogP) is 3.74. The van der Waals surface area contributed by atoms with Crippen LogP contribution in [0.5, 0.6) is 0 Å². The molecule has 0 saturated heterocycles. The molecule has 0 bridgehead atoms. The van der Waals surface area contributed by atoms with Crippen LogP contribution in [0.4, 0.5) is 22.0 Å². The van der Waals surface area contributed by atoms with Crippen LogP contribution in [0, 0.1) is 36.0 Å². The van der Waals surface area contributed by atoms with Gasteiger partial charge in [0.1, 0.15) is 0 Å². The number of nitrogens with two attached hydrogens (primary N) is 1. The molecule has 0 aromatic heterocycles. The van der Waals surface area contributed by atoms with E-state index in [1.54, 1.807) is 25.1 Å². The van der Waals surface area contributed by atoms with Crippen LogP contribution in [-0.2, 0) is 0 Å². The Labute approximate surface area is 111 Å². The van der Waals surface area contributed by atoms with Crippen LogP contribution in [0.2, 0.25) is 0 Å². The molecule has 1 unspecified atom stereocenters. The number of benzene rings is 2. The number of hydrogen-bond donors (Lipinski definition) is 1. The van der Waals surface area contributed by atoms with Crippen molar-refractivity contribution in [2.24, 2.45) is 5.73 Å². The van der Waals surface area contributed by atoms with Crippen LogP contribution in [-0.4, -0.2) is 0 Å². The van der Waals surface area contributed by atoms with Crippen molar-refractivity contribution in [2.75, 3.05) is 0 Å². The molecule has 0 heterocycles. The predicted molar refractivity (Wildman–Crippen MR) is 63.4 cm³/mol. The molecule has 1 atom stereocenters. The largest absolute Gasteiger partial charge is 0.320 e. The van der Waals surface area contributed by atoms with Crippen molar-refractivity contribution in [1.82, 2.24) is 0 Å². The molecule has 0 fully saturated rings. The summed E-state index contributed by atoms with van der Waals surface area (Å²) in [5.41, 5.74) is 5.51. The Kier molecular flexibility index (Phi) is 3.76. The molecule has 0 aliphatic heterocycles. The summed E-state index contributed by atoms with van der Waals surface area (Å²) in [6.45, 7) is 1.63. The first kappa shape index (κ1) is 14.5. The maximum absolute atomic E-state index is 13.7. The highest BCUT2D eigenvalue weighted by Crippen LogP contribution is 2.31. The summed E-state index contributed by atoms with van der Waals surface area (Å²) < 4.78 is 66.6. The molecule has 0 amide bonds. The van der Waals surface area contributed by atoms with Crippen molar-refractivity contribution in [2.45, 2.75) is 13.0 Å². The Morgan fingerprint density at radius 2 is 1.25 bits per heavy atom. The molecule has 20 heavy (non-hydrogen) atoms. The fraction of sp³-hybridized carbons (Fsp3) is 0.143. The normalized spacial score (nSPS) is 12.6. The first-order valence-corrected chi connectivity index (χ1v) is 5.68. The van der Waals surface area contributed by atoms with Crippen LogP contribution in [0.15, 0.2) is 24.3 Å². The maximum atomic E-state index is 13.7. The summed E-state index contributed by atoms with van der Waals surface area (Å²) in [5.74, 6) is -10.00. The van der Waals surface area contributed by atoms with Crippen molar-refractivity contribution >= 4 is 0 Å². The van der Waals surface area contributed by atoms with Gasteiger partial charge in [0.25, 0.3) is 0 Å². The van der Waals surface area contributed by atoms with E-state index in [0.29, 0.717) is 5.56 Å². The molecule has 0 saturated carbocycles. The standard InChI is InChI=1S/C14H10F5N/c1-6-4-2-3-5-7(6)14(20)8-9(15)11(17)13(19)12(18)10(8)16/h2-5,14H,20H2,1H3. The lowest BCUT2D eigenvalue weighted by Crippen LogP contribution is -2.19. The first-order valence-electron chi connectivity index (χ1n) is 5.68. The van der Waals surface area contributed by atoms with E-state index in [0.717, 1.165) is 0 Å². The summed E-state index contributed by atoms with van der Waals surface area (Å²) in [5, 5.41) is 0. The summed E-state index contributed by atoms with van der Waals surface area (Å²) in [6.07, 6.45) is 0. The molecule has 0 aliphatic rings. The van der Waals surface area contributed by atoms with Gasteiger partial charge in [-0.25, -0.2) is 22.0 Å². The van der Waals surface area contributed by atoms with Gasteiger partial charge in [-0.05, 0) is 18.1 Å². The van der Waals surface area contributed by atoms with Gasteiger partial charge in [0.2, 0.25) is 5.82 Å². The summed E-state index contributed by atoms with van der Waals surface area (Å²) in [4.78, 5) is 0. The van der Waals surface area contributed by atoms with Crippen molar-refractivity contribution < 1.29 is 22.0 Å². The van der Waals surface area contributed by atoms with Gasteiger partial charge in [-0.2, -0.15) is 0 Å². The van der Waals surface area contributed by atoms with Crippen molar-refractivity contribution in [3.05, 3.63) is 70.0 Å². The third-order valence-corrected chi connectivity index (χ3v) is 3.08. The first-order chi connectivity index (χ1) is 9.36. The van der Waals surface area contributed by atoms with Gasteiger partial charge in [-0.3, -0.25) is 0 Å². The molecule has 0 spiro atoms. The van der Waals surface area contributed by atoms with Gasteiger partial charge in [0.15, 0.2) is 23.3 Å². The minimum absolute atomic E-state index is 0.288. The van der Waals surface area contributed by atoms with E-state index in [1.165, 1.54) is 6.07 Å². The number of hydrogen-bond acceptors (Lipinski definition) is 1. The fourth-order valence-corrected chi connectivity index (χ4v) is 1.99. The molecule has 0 radical (unpaired) electrons. The molecular formula is C14H10F5N. The SMILES string of the molecule is Cc1ccccc1C(N)c1c(F)c(F)c(F)c(F)c1F. The fourth-order valence-electron chi connectivity index (χ4n) is 1.99. The highest BCUT2D eigenvalue weighted by atomic mass is 19.2. The zero-order valence-corrected chi connectivity index (χ0v) is 10.4. The Bertz CT molecular complexity index is 640. The second-order valence-electron chi connectivity index (χ2n) is 4.32. The highest BCUT2D eigenvalue weighted by Gasteiger charge is 2.29. The van der Waals surface area contributed by atoms with Gasteiger partial charge in [-0.15, -0.1) is 0 Å². The average molecular weight is 287 g/mol. The van der Waals surface area contributed by atoms with E-state index < -0.39 is 40.7 Å². The number of aryl methyl sites for hydroxylation is 1. The van der Waals surface area contributed by atoms with Gasteiger partial charge in [-0.1, -0.05) is 24.3 Å². The Morgan fingerprint density at radius 3 is 1.75 bits per heavy atom. The Hall–Kier alpha value is -1.95. The molecular weight excluding hydrogens is 277 g/mol. The lowest BCUT2D eigenvalue weighted by atomic mass is 9.94. The Morgan fingerprint density at radius 1 is 0.800 bits per heavy atom. The van der Waals surface area contributed by atoms with Crippen molar-refractivity contribution in [1.29, 1.82) is 0 Å². The number of rotatable bonds is 2. The van der Waals surface area contributed by atoms with E-state index >= 15 is 0 Å². The second kappa shape index (κ2) is 5.20. The van der Waals surface area contributed by atoms with Crippen LogP contribution in [0.3, 0.4) is 0 Å². The minimum Gasteiger partial charge on any atom is -0.320 e. The van der Waals surface area contributed by atoms with E-state index in [9.17, 15) is 22.0 Å². The third-order valence-electron chi connectivity index (χ3n) is 3.08. The van der Waals surface area contributed by atoms with Crippen molar-refractivity contribution in [3.8, 4) is 0 Å². The molecule has 2 aromatic rings. The minimum atomic E-state index is -2.19. The van der Waals surface area contributed by atoms with E-state index in [1.807, 2.05) is 0 Å². The Balaban J connectivity index is 2.68. The van der Waals surface area contributed by atoms with Gasteiger partial charge >= 0.3 is 0 Å². The average Bonchev–Trinajstić information content (AvgIpc) is 2.43. The zero-order chi connectivity index (χ0) is 15.0. The number of halogens is 5. The highest BCUT2D eigenvalue weighted by molar-refractivity contribution is 5.38. The van der Waals surface area contributed by atoms with E-state index in [4.69, 9.17) is 5.73 Å². The smallest absolute Gasteiger partial charge is 0.200 e. The van der Waals surface area contributed by atoms with Crippen LogP contribution in [0.25, 0.3) is 0 Å². The second-order valence-corrected chi connectivity index (χ2v) is 4.32. The summed E-state index contributed by atoms with van der Waals surface area (Å²) in [6, 6.07) is 4.89. The van der Waals surface area contributed by atoms with Crippen LogP contribution in [0.1, 0.15) is 22.7 Å². The van der Waals surface area contributed by atoms with E-state index in [2.05, 4.69) is 0 Å². The lowest BCUT2D eigenvalue weighted by molar-refractivity contribution is 0.367. The van der Waals surface area contributed by atoms with Crippen molar-refractivity contribution in [3.63, 3.8) is 0 Å². The topological polar surface area (TPSA) is 26.0 Å². The van der Waals surface area contributed by atoms with Crippen LogP contribution < -0.4 is 5.73 Å². The molecule has 2 N–H and O–H groups in total. The quantitative estimate of drug-likeness (QED) is 0.508. The molecule has 6 heteroatoms. The van der Waals surface area contributed by atoms with E-state index in [-0.39, 0.29) is 5.56 Å². The molecule has 106 valence electrons. The lowest BCUT2D eigenvalue weighted by Gasteiger charge is -2.17. The maximum Gasteiger partial charge on any atom is 0.200 e. The molecule has 2 rings (SSSR count). The van der Waals surface area contributed by atoms with Crippen LogP contribution >= 0.6 is 0 Å². The molecule has 2 aromatic carbocycles. The summed E-state index contributed by atoms with van der Waals surface area (Å²) >= 11 is 0. The zero-order valence-electron chi connectivity index (χ0n) is 10.4. The third kappa shape index (κ3) is 2.16.